The molecule has 0 aromatic heterocycles. The smallest absolute Gasteiger partial charge is 0.119 e. The van der Waals surface area contributed by atoms with Crippen molar-refractivity contribution in [3.63, 3.8) is 0 Å². The van der Waals surface area contributed by atoms with Crippen molar-refractivity contribution in [2.75, 3.05) is 0 Å². The fourth-order valence-corrected chi connectivity index (χ4v) is 2.07. The molecule has 0 rings (SSSR count). The number of alkyl halides is 6. The summed E-state index contributed by atoms with van der Waals surface area (Å²) in [5.41, 5.74) is 1.23. The van der Waals surface area contributed by atoms with Crippen molar-refractivity contribution in [1.82, 2.24) is 0 Å². The first-order valence-electron chi connectivity index (χ1n) is 3.06. The van der Waals surface area contributed by atoms with Gasteiger partial charge in [-0.1, -0.05) is 52.5 Å². The van der Waals surface area contributed by atoms with Crippen LogP contribution in [0.3, 0.4) is 0 Å². The van der Waals surface area contributed by atoms with Crippen molar-refractivity contribution in [2.24, 2.45) is 0 Å². The molecule has 13 heavy (non-hydrogen) atoms. The van der Waals surface area contributed by atoms with Crippen molar-refractivity contribution in [3.05, 3.63) is 11.6 Å². The zero-order valence-electron chi connectivity index (χ0n) is 6.03. The summed E-state index contributed by atoms with van der Waals surface area (Å²) >= 11 is 39.2. The van der Waals surface area contributed by atoms with Gasteiger partial charge in [0.05, 0.1) is 16.1 Å². The molecule has 0 heterocycles. The van der Waals surface area contributed by atoms with E-state index in [0.29, 0.717) is 0 Å². The van der Waals surface area contributed by atoms with E-state index < -0.39 is 19.9 Å². The van der Waals surface area contributed by atoms with E-state index in [1.165, 1.54) is 11.6 Å². The Hall–Kier alpha value is 1.77. The van der Waals surface area contributed by atoms with Crippen molar-refractivity contribution >= 4 is 81.2 Å². The average Bonchev–Trinajstić information content (AvgIpc) is 2.00. The maximum atomic E-state index is 5.82. The molecule has 0 N–H and O–H groups in total. The van der Waals surface area contributed by atoms with Gasteiger partial charge in [-0.25, -0.2) is 0 Å². The molecule has 0 spiro atoms. The highest BCUT2D eigenvalue weighted by Crippen LogP contribution is 2.39. The Bertz CT molecular complexity index is 172. The standard InChI is InChI=1S/C6H5Cl7/c7-2-1-3(8)4(9)5(10)6(11,12)13/h1-5H. The summed E-state index contributed by atoms with van der Waals surface area (Å²) < 4.78 is -1.65. The largest absolute Gasteiger partial charge is 0.208 e. The molecule has 0 aliphatic carbocycles. The molecule has 0 amide bonds. The topological polar surface area (TPSA) is 0 Å². The molecular formula is C6H5Cl7. The second-order valence-electron chi connectivity index (χ2n) is 2.15. The lowest BCUT2D eigenvalue weighted by molar-refractivity contribution is 0.792. The normalized spacial score (nSPS) is 20.2. The summed E-state index contributed by atoms with van der Waals surface area (Å²) in [6.45, 7) is 0. The van der Waals surface area contributed by atoms with Gasteiger partial charge >= 0.3 is 0 Å². The Labute approximate surface area is 112 Å². The highest BCUT2D eigenvalue weighted by atomic mass is 35.6. The van der Waals surface area contributed by atoms with E-state index in [2.05, 4.69) is 0 Å². The quantitative estimate of drug-likeness (QED) is 0.645. The minimum absolute atomic E-state index is 0.586. The van der Waals surface area contributed by atoms with Crippen LogP contribution >= 0.6 is 81.2 Å². The van der Waals surface area contributed by atoms with Crippen molar-refractivity contribution in [2.45, 2.75) is 19.9 Å². The van der Waals surface area contributed by atoms with Crippen LogP contribution < -0.4 is 0 Å². The number of hydrogen-bond donors (Lipinski definition) is 0. The van der Waals surface area contributed by atoms with Crippen LogP contribution in [-0.2, 0) is 0 Å². The minimum atomic E-state index is -1.65. The van der Waals surface area contributed by atoms with Crippen LogP contribution in [0.15, 0.2) is 11.6 Å². The molecule has 0 bridgehead atoms. The first kappa shape index (κ1) is 14.8. The minimum Gasteiger partial charge on any atom is -0.119 e. The summed E-state index contributed by atoms with van der Waals surface area (Å²) in [5, 5.41) is -2.20. The molecule has 0 saturated carbocycles. The van der Waals surface area contributed by atoms with Crippen molar-refractivity contribution in [3.8, 4) is 0 Å². The first-order valence-corrected chi connectivity index (χ1v) is 5.94. The fourth-order valence-electron chi connectivity index (χ4n) is 0.518. The van der Waals surface area contributed by atoms with Crippen LogP contribution in [0.2, 0.25) is 0 Å². The summed E-state index contributed by atoms with van der Waals surface area (Å²) in [7, 11) is 0. The molecule has 0 nitrogen and oxygen atoms in total. The van der Waals surface area contributed by atoms with E-state index in [0.717, 1.165) is 0 Å². The Morgan fingerprint density at radius 3 is 1.77 bits per heavy atom. The molecule has 0 saturated heterocycles. The molecule has 3 atom stereocenters. The maximum absolute atomic E-state index is 5.82. The molecule has 3 unspecified atom stereocenters. The van der Waals surface area contributed by atoms with E-state index in [4.69, 9.17) is 81.2 Å². The predicted molar refractivity (Wildman–Crippen MR) is 64.2 cm³/mol. The zero-order chi connectivity index (χ0) is 10.6. The molecule has 0 aromatic rings. The van der Waals surface area contributed by atoms with Gasteiger partial charge in [-0.05, 0) is 0 Å². The lowest BCUT2D eigenvalue weighted by Gasteiger charge is -2.24. The first-order chi connectivity index (χ1) is 5.80. The van der Waals surface area contributed by atoms with Crippen molar-refractivity contribution in [1.29, 1.82) is 0 Å². The highest BCUT2D eigenvalue weighted by molar-refractivity contribution is 6.70. The summed E-state index contributed by atoms with van der Waals surface area (Å²) in [6, 6.07) is 0. The number of allylic oxidation sites excluding steroid dienone is 1. The van der Waals surface area contributed by atoms with Gasteiger partial charge in [0.1, 0.15) is 0 Å². The second-order valence-corrected chi connectivity index (χ2v) is 6.25. The third-order valence-corrected chi connectivity index (χ3v) is 4.14. The van der Waals surface area contributed by atoms with Gasteiger partial charge in [0, 0.05) is 5.54 Å². The van der Waals surface area contributed by atoms with E-state index in [9.17, 15) is 0 Å². The monoisotopic (exact) mass is 322 g/mol. The molecule has 0 radical (unpaired) electrons. The summed E-state index contributed by atoms with van der Waals surface area (Å²) in [6.07, 6.45) is 1.45. The van der Waals surface area contributed by atoms with Gasteiger partial charge < -0.3 is 0 Å². The van der Waals surface area contributed by atoms with Gasteiger partial charge in [0.25, 0.3) is 0 Å². The van der Waals surface area contributed by atoms with Gasteiger partial charge in [0.15, 0.2) is 0 Å². The van der Waals surface area contributed by atoms with Crippen LogP contribution in [0.1, 0.15) is 0 Å². The fraction of sp³-hybridized carbons (Fsp3) is 0.667. The van der Waals surface area contributed by atoms with Crippen LogP contribution in [0.25, 0.3) is 0 Å². The number of halogens is 7. The molecule has 0 aromatic carbocycles. The lowest BCUT2D eigenvalue weighted by atomic mass is 10.2. The third-order valence-electron chi connectivity index (χ3n) is 1.15. The van der Waals surface area contributed by atoms with Crippen LogP contribution in [0.4, 0.5) is 0 Å². The van der Waals surface area contributed by atoms with Gasteiger partial charge in [-0.2, -0.15) is 0 Å². The molecule has 0 fully saturated rings. The Kier molecular flexibility index (Phi) is 7.24. The van der Waals surface area contributed by atoms with E-state index >= 15 is 0 Å². The Balaban J connectivity index is 4.33. The maximum Gasteiger partial charge on any atom is 0.208 e. The van der Waals surface area contributed by atoms with Gasteiger partial charge in [-0.15, -0.1) is 34.8 Å². The van der Waals surface area contributed by atoms with Crippen molar-refractivity contribution < 1.29 is 0 Å². The van der Waals surface area contributed by atoms with E-state index in [-0.39, 0.29) is 0 Å². The highest BCUT2D eigenvalue weighted by Gasteiger charge is 2.38. The summed E-state index contributed by atoms with van der Waals surface area (Å²) in [4.78, 5) is 0. The molecule has 7 heteroatoms. The summed E-state index contributed by atoms with van der Waals surface area (Å²) in [5.74, 6) is 0. The SMILES string of the molecule is ClC=CC(Cl)C(Cl)C(Cl)C(Cl)(Cl)Cl. The Morgan fingerprint density at radius 1 is 1.00 bits per heavy atom. The third kappa shape index (κ3) is 5.41. The second kappa shape index (κ2) is 6.37. The predicted octanol–water partition coefficient (Wildman–Crippen LogP) is 4.93. The lowest BCUT2D eigenvalue weighted by Crippen LogP contribution is -2.34. The molecule has 78 valence electrons. The Morgan fingerprint density at radius 2 is 1.46 bits per heavy atom. The van der Waals surface area contributed by atoms with Crippen LogP contribution in [0, 0.1) is 0 Å². The zero-order valence-corrected chi connectivity index (χ0v) is 11.3. The van der Waals surface area contributed by atoms with E-state index in [1.54, 1.807) is 0 Å². The van der Waals surface area contributed by atoms with Gasteiger partial charge in [-0.3, -0.25) is 0 Å². The number of rotatable bonds is 3. The molecule has 0 aliphatic rings. The van der Waals surface area contributed by atoms with Gasteiger partial charge in [0.2, 0.25) is 3.79 Å². The molecular weight excluding hydrogens is 320 g/mol. The van der Waals surface area contributed by atoms with Crippen LogP contribution in [0.5, 0.6) is 0 Å². The molecule has 0 aliphatic heterocycles. The average molecular weight is 325 g/mol. The van der Waals surface area contributed by atoms with Crippen LogP contribution in [-0.4, -0.2) is 19.9 Å². The van der Waals surface area contributed by atoms with E-state index in [1.807, 2.05) is 0 Å². The number of hydrogen-bond acceptors (Lipinski definition) is 0.